The van der Waals surface area contributed by atoms with Crippen molar-refractivity contribution in [2.24, 2.45) is 4.99 Å². The summed E-state index contributed by atoms with van der Waals surface area (Å²) in [5.74, 6) is -0.301. The monoisotopic (exact) mass is 361 g/mol. The Morgan fingerprint density at radius 3 is 2.73 bits per heavy atom. The molecule has 2 rings (SSSR count). The molecular weight excluding hydrogens is 346 g/mol. The minimum atomic E-state index is -0.647. The van der Waals surface area contributed by atoms with Gasteiger partial charge in [0.15, 0.2) is 6.04 Å². The molecule has 5 heteroatoms. The maximum atomic E-state index is 11.9. The van der Waals surface area contributed by atoms with E-state index < -0.39 is 12.0 Å². The molecule has 22 heavy (non-hydrogen) atoms. The number of carbonyl (C=O) groups is 1. The van der Waals surface area contributed by atoms with Crippen LogP contribution in [0.1, 0.15) is 11.1 Å². The van der Waals surface area contributed by atoms with Gasteiger partial charge in [-0.25, -0.2) is 4.79 Å². The van der Waals surface area contributed by atoms with Gasteiger partial charge in [0.1, 0.15) is 5.75 Å². The van der Waals surface area contributed by atoms with Crippen molar-refractivity contribution in [2.45, 2.75) is 12.5 Å². The van der Waals surface area contributed by atoms with Crippen molar-refractivity contribution in [3.63, 3.8) is 0 Å². The summed E-state index contributed by atoms with van der Waals surface area (Å²) >= 11 is 3.34. The van der Waals surface area contributed by atoms with Crippen molar-refractivity contribution < 1.29 is 14.6 Å². The average molecular weight is 362 g/mol. The van der Waals surface area contributed by atoms with Crippen molar-refractivity contribution in [3.05, 3.63) is 64.1 Å². The Labute approximate surface area is 137 Å². The quantitative estimate of drug-likeness (QED) is 0.656. The van der Waals surface area contributed by atoms with Crippen LogP contribution in [0.4, 0.5) is 0 Å². The molecule has 0 saturated heterocycles. The number of phenolic OH excluding ortho intramolecular Hbond substituents is 1. The third-order valence-corrected chi connectivity index (χ3v) is 3.62. The Bertz CT molecular complexity index is 671. The van der Waals surface area contributed by atoms with Gasteiger partial charge >= 0.3 is 5.97 Å². The maximum absolute atomic E-state index is 11.9. The Hall–Kier alpha value is -2.14. The van der Waals surface area contributed by atoms with Crippen LogP contribution in [0.15, 0.2) is 58.0 Å². The molecule has 1 N–H and O–H groups in total. The zero-order valence-electron chi connectivity index (χ0n) is 12.1. The van der Waals surface area contributed by atoms with Gasteiger partial charge in [-0.15, -0.1) is 0 Å². The summed E-state index contributed by atoms with van der Waals surface area (Å²) in [5.41, 5.74) is 1.53. The molecule has 0 fully saturated rings. The highest BCUT2D eigenvalue weighted by atomic mass is 79.9. The molecule has 0 unspecified atom stereocenters. The molecule has 0 aliphatic carbocycles. The van der Waals surface area contributed by atoms with Crippen LogP contribution in [0.3, 0.4) is 0 Å². The zero-order chi connectivity index (χ0) is 15.9. The smallest absolute Gasteiger partial charge is 0.330 e. The molecule has 0 bridgehead atoms. The number of rotatable bonds is 5. The number of hydrogen-bond donors (Lipinski definition) is 1. The number of benzene rings is 2. The van der Waals surface area contributed by atoms with Crippen molar-refractivity contribution in [1.29, 1.82) is 0 Å². The fourth-order valence-electron chi connectivity index (χ4n) is 1.97. The lowest BCUT2D eigenvalue weighted by molar-refractivity contribution is -0.142. The second-order valence-electron chi connectivity index (χ2n) is 4.71. The van der Waals surface area contributed by atoms with Crippen LogP contribution >= 0.6 is 15.9 Å². The first-order valence-corrected chi connectivity index (χ1v) is 7.53. The van der Waals surface area contributed by atoms with Gasteiger partial charge in [0, 0.05) is 22.7 Å². The first kappa shape index (κ1) is 16.2. The van der Waals surface area contributed by atoms with E-state index in [-0.39, 0.29) is 5.75 Å². The molecule has 0 radical (unpaired) electrons. The predicted octanol–water partition coefficient (Wildman–Crippen LogP) is 3.36. The number of esters is 1. The molecule has 0 saturated carbocycles. The molecular formula is C17H16BrNO3. The number of hydrogen-bond acceptors (Lipinski definition) is 4. The third-order valence-electron chi connectivity index (χ3n) is 3.13. The van der Waals surface area contributed by atoms with Gasteiger partial charge in [-0.2, -0.15) is 0 Å². The van der Waals surface area contributed by atoms with Crippen LogP contribution in [0.2, 0.25) is 0 Å². The summed E-state index contributed by atoms with van der Waals surface area (Å²) in [6, 6.07) is 14.0. The minimum Gasteiger partial charge on any atom is -0.507 e. The van der Waals surface area contributed by atoms with E-state index in [1.54, 1.807) is 18.2 Å². The number of phenols is 1. The van der Waals surface area contributed by atoms with E-state index in [0.29, 0.717) is 12.0 Å². The second kappa shape index (κ2) is 7.75. The highest BCUT2D eigenvalue weighted by molar-refractivity contribution is 9.10. The minimum absolute atomic E-state index is 0.107. The lowest BCUT2D eigenvalue weighted by Gasteiger charge is -2.10. The van der Waals surface area contributed by atoms with Gasteiger partial charge in [-0.1, -0.05) is 46.3 Å². The Morgan fingerprint density at radius 1 is 1.32 bits per heavy atom. The van der Waals surface area contributed by atoms with Crippen LogP contribution in [-0.2, 0) is 16.0 Å². The summed E-state index contributed by atoms with van der Waals surface area (Å²) in [7, 11) is 1.34. The number of carbonyl (C=O) groups excluding carboxylic acids is 1. The van der Waals surface area contributed by atoms with Crippen LogP contribution in [0.5, 0.6) is 5.75 Å². The highest BCUT2D eigenvalue weighted by Gasteiger charge is 2.18. The topological polar surface area (TPSA) is 58.9 Å². The van der Waals surface area contributed by atoms with Gasteiger partial charge in [-0.3, -0.25) is 4.99 Å². The summed E-state index contributed by atoms with van der Waals surface area (Å²) in [4.78, 5) is 16.2. The van der Waals surface area contributed by atoms with Crippen molar-refractivity contribution in [3.8, 4) is 5.75 Å². The van der Waals surface area contributed by atoms with E-state index in [0.717, 1.165) is 10.0 Å². The number of halogens is 1. The van der Waals surface area contributed by atoms with Gasteiger partial charge in [0.05, 0.1) is 7.11 Å². The van der Waals surface area contributed by atoms with Gasteiger partial charge in [0.2, 0.25) is 0 Å². The van der Waals surface area contributed by atoms with Crippen molar-refractivity contribution >= 4 is 28.1 Å². The van der Waals surface area contributed by atoms with E-state index in [1.807, 2.05) is 30.3 Å². The zero-order valence-corrected chi connectivity index (χ0v) is 13.7. The van der Waals surface area contributed by atoms with E-state index in [1.165, 1.54) is 13.3 Å². The van der Waals surface area contributed by atoms with Gasteiger partial charge in [0.25, 0.3) is 0 Å². The fraction of sp³-hybridized carbons (Fsp3) is 0.176. The number of aliphatic imine (C=N–C) groups is 1. The Balaban J connectivity index is 2.21. The molecule has 0 aliphatic rings. The highest BCUT2D eigenvalue weighted by Crippen LogP contribution is 2.20. The molecule has 114 valence electrons. The molecule has 0 spiro atoms. The lowest BCUT2D eigenvalue weighted by Crippen LogP contribution is -2.23. The molecule has 0 heterocycles. The van der Waals surface area contributed by atoms with Crippen LogP contribution in [0, 0.1) is 0 Å². The Morgan fingerprint density at radius 2 is 2.05 bits per heavy atom. The Kier molecular flexibility index (Phi) is 5.72. The third kappa shape index (κ3) is 4.43. The van der Waals surface area contributed by atoms with E-state index in [2.05, 4.69) is 20.9 Å². The summed E-state index contributed by atoms with van der Waals surface area (Å²) in [5, 5.41) is 9.81. The van der Waals surface area contributed by atoms with Crippen molar-refractivity contribution in [2.75, 3.05) is 7.11 Å². The second-order valence-corrected chi connectivity index (χ2v) is 5.63. The molecule has 0 amide bonds. The number of nitrogens with zero attached hydrogens (tertiary/aromatic N) is 1. The number of methoxy groups -OCH3 is 1. The van der Waals surface area contributed by atoms with Gasteiger partial charge in [-0.05, 0) is 23.8 Å². The molecule has 0 aromatic heterocycles. The number of aromatic hydroxyl groups is 1. The lowest BCUT2D eigenvalue weighted by atomic mass is 10.1. The molecule has 4 nitrogen and oxygen atoms in total. The number of ether oxygens (including phenoxy) is 1. The summed E-state index contributed by atoms with van der Waals surface area (Å²) in [6.45, 7) is 0. The molecule has 2 aromatic rings. The SMILES string of the molecule is COC(=O)[C@H](Cc1ccccc1)N=Cc1cc(Br)ccc1O. The molecule has 1 atom stereocenters. The van der Waals surface area contributed by atoms with Crippen LogP contribution < -0.4 is 0 Å². The van der Waals surface area contributed by atoms with E-state index in [9.17, 15) is 9.90 Å². The largest absolute Gasteiger partial charge is 0.507 e. The molecule has 0 aliphatic heterocycles. The van der Waals surface area contributed by atoms with Crippen molar-refractivity contribution in [1.82, 2.24) is 0 Å². The van der Waals surface area contributed by atoms with E-state index in [4.69, 9.17) is 4.74 Å². The standard InChI is InChI=1S/C17H16BrNO3/c1-22-17(21)15(9-12-5-3-2-4-6-12)19-11-13-10-14(18)7-8-16(13)20/h2-8,10-11,15,20H,9H2,1H3/t15-/m0/s1. The first-order chi connectivity index (χ1) is 10.6. The van der Waals surface area contributed by atoms with Crippen LogP contribution in [0.25, 0.3) is 0 Å². The fourth-order valence-corrected chi connectivity index (χ4v) is 2.35. The summed E-state index contributed by atoms with van der Waals surface area (Å²) in [6.07, 6.45) is 1.93. The van der Waals surface area contributed by atoms with Crippen LogP contribution in [-0.4, -0.2) is 30.4 Å². The predicted molar refractivity (Wildman–Crippen MR) is 89.4 cm³/mol. The van der Waals surface area contributed by atoms with Gasteiger partial charge < -0.3 is 9.84 Å². The first-order valence-electron chi connectivity index (χ1n) is 6.73. The average Bonchev–Trinajstić information content (AvgIpc) is 2.54. The molecule has 2 aromatic carbocycles. The van der Waals surface area contributed by atoms with E-state index >= 15 is 0 Å². The normalized spacial score (nSPS) is 12.3. The summed E-state index contributed by atoms with van der Waals surface area (Å²) < 4.78 is 5.63. The maximum Gasteiger partial charge on any atom is 0.330 e.